The van der Waals surface area contributed by atoms with Gasteiger partial charge >= 0.3 is 0 Å². The van der Waals surface area contributed by atoms with Crippen molar-refractivity contribution in [2.24, 2.45) is 0 Å². The lowest BCUT2D eigenvalue weighted by Crippen LogP contribution is -3.12. The maximum Gasteiger partial charge on any atom is 0.138 e. The van der Waals surface area contributed by atoms with Crippen LogP contribution in [0.3, 0.4) is 0 Å². The van der Waals surface area contributed by atoms with Crippen LogP contribution in [0.2, 0.25) is 0 Å². The Hall–Kier alpha value is -1.43. The highest BCUT2D eigenvalue weighted by Crippen LogP contribution is 2.32. The molecule has 106 valence electrons. The van der Waals surface area contributed by atoms with E-state index in [-0.39, 0.29) is 12.2 Å². The highest BCUT2D eigenvalue weighted by molar-refractivity contribution is 5.82. The Labute approximate surface area is 118 Å². The van der Waals surface area contributed by atoms with Crippen LogP contribution >= 0.6 is 0 Å². The quantitative estimate of drug-likeness (QED) is 0.797. The molecule has 2 aromatic rings. The average molecular weight is 274 g/mol. The van der Waals surface area contributed by atoms with Gasteiger partial charge in [0, 0.05) is 5.39 Å². The van der Waals surface area contributed by atoms with Gasteiger partial charge in [-0.2, -0.15) is 5.10 Å². The monoisotopic (exact) mass is 274 g/mol. The van der Waals surface area contributed by atoms with Gasteiger partial charge in [-0.05, 0) is 6.07 Å². The number of likely N-dealkylation sites (N-methyl/N-ethyl adjacent to an activating group) is 1. The number of nitrogens with one attached hydrogen (secondary N) is 1. The molecule has 0 aliphatic carbocycles. The molecule has 1 aromatic carbocycles. The van der Waals surface area contributed by atoms with Crippen molar-refractivity contribution in [2.45, 2.75) is 18.8 Å². The standard InChI is InChI=1S/C15H19N3O2/c1-17-6-8-19-13(10-17)15-14-11-4-2-3-5-12(11)16-18(14)7-9-20-15/h2-5,13,15H,6-10H2,1H3/p+1/t13-,15-/m1/s1. The van der Waals surface area contributed by atoms with E-state index in [9.17, 15) is 0 Å². The summed E-state index contributed by atoms with van der Waals surface area (Å²) >= 11 is 0. The first-order valence-electron chi connectivity index (χ1n) is 7.33. The number of rotatable bonds is 1. The van der Waals surface area contributed by atoms with E-state index >= 15 is 0 Å². The molecular weight excluding hydrogens is 254 g/mol. The highest BCUT2D eigenvalue weighted by Gasteiger charge is 2.36. The number of aromatic nitrogens is 2. The summed E-state index contributed by atoms with van der Waals surface area (Å²) in [6.45, 7) is 4.41. The molecule has 20 heavy (non-hydrogen) atoms. The third-order valence-corrected chi connectivity index (χ3v) is 4.30. The highest BCUT2D eigenvalue weighted by atomic mass is 16.5. The Kier molecular flexibility index (Phi) is 2.98. The number of fused-ring (bicyclic) bond motifs is 3. The summed E-state index contributed by atoms with van der Waals surface area (Å²) in [6.07, 6.45) is 0.134. The molecule has 2 aliphatic heterocycles. The maximum atomic E-state index is 6.06. The Balaban J connectivity index is 1.77. The van der Waals surface area contributed by atoms with E-state index in [4.69, 9.17) is 14.6 Å². The molecular formula is C15H20N3O2+. The fourth-order valence-electron chi connectivity index (χ4n) is 3.28. The number of benzene rings is 1. The van der Waals surface area contributed by atoms with Crippen LogP contribution in [0.15, 0.2) is 24.3 Å². The summed E-state index contributed by atoms with van der Waals surface area (Å²) in [5.41, 5.74) is 2.24. The number of morpholine rings is 1. The Bertz CT molecular complexity index is 625. The lowest BCUT2D eigenvalue weighted by atomic mass is 10.0. The first kappa shape index (κ1) is 12.3. The number of quaternary nitrogens is 1. The molecule has 0 amide bonds. The van der Waals surface area contributed by atoms with Gasteiger partial charge in [-0.3, -0.25) is 4.68 Å². The van der Waals surface area contributed by atoms with Crippen LogP contribution < -0.4 is 4.90 Å². The Morgan fingerprint density at radius 2 is 2.15 bits per heavy atom. The fraction of sp³-hybridized carbons (Fsp3) is 0.533. The number of ether oxygens (including phenoxy) is 2. The molecule has 0 spiro atoms. The third kappa shape index (κ3) is 1.93. The van der Waals surface area contributed by atoms with Crippen molar-refractivity contribution >= 4 is 10.9 Å². The molecule has 0 bridgehead atoms. The molecule has 3 heterocycles. The zero-order chi connectivity index (χ0) is 13.5. The van der Waals surface area contributed by atoms with Gasteiger partial charge in [0.1, 0.15) is 25.3 Å². The van der Waals surface area contributed by atoms with E-state index in [1.807, 2.05) is 6.07 Å². The van der Waals surface area contributed by atoms with Crippen LogP contribution in [0.25, 0.3) is 10.9 Å². The molecule has 1 N–H and O–H groups in total. The first-order valence-corrected chi connectivity index (χ1v) is 7.33. The number of nitrogens with zero attached hydrogens (tertiary/aromatic N) is 2. The van der Waals surface area contributed by atoms with Crippen LogP contribution in [0.5, 0.6) is 0 Å². The molecule has 5 nitrogen and oxygen atoms in total. The second kappa shape index (κ2) is 4.84. The molecule has 0 saturated carbocycles. The summed E-state index contributed by atoms with van der Waals surface area (Å²) in [5, 5.41) is 5.89. The van der Waals surface area contributed by atoms with E-state index in [0.29, 0.717) is 6.61 Å². The predicted octanol–water partition coefficient (Wildman–Crippen LogP) is 0.0211. The first-order chi connectivity index (χ1) is 9.83. The molecule has 4 rings (SSSR count). The van der Waals surface area contributed by atoms with Crippen molar-refractivity contribution in [2.75, 3.05) is 33.4 Å². The van der Waals surface area contributed by atoms with Crippen LogP contribution in [-0.2, 0) is 16.0 Å². The van der Waals surface area contributed by atoms with Gasteiger partial charge in [0.05, 0.1) is 38.0 Å². The minimum atomic E-state index is 0.00593. The van der Waals surface area contributed by atoms with E-state index in [2.05, 4.69) is 29.9 Å². The lowest BCUT2D eigenvalue weighted by molar-refractivity contribution is -0.892. The fourth-order valence-corrected chi connectivity index (χ4v) is 3.28. The van der Waals surface area contributed by atoms with E-state index in [1.54, 1.807) is 0 Å². The summed E-state index contributed by atoms with van der Waals surface area (Å²) in [7, 11) is 2.22. The molecule has 1 unspecified atom stereocenters. The normalized spacial score (nSPS) is 30.4. The largest absolute Gasteiger partial charge is 0.367 e. The van der Waals surface area contributed by atoms with Gasteiger partial charge in [-0.15, -0.1) is 0 Å². The minimum Gasteiger partial charge on any atom is -0.367 e. The van der Waals surface area contributed by atoms with Gasteiger partial charge in [-0.1, -0.05) is 18.2 Å². The van der Waals surface area contributed by atoms with Gasteiger partial charge in [-0.25, -0.2) is 0 Å². The van der Waals surface area contributed by atoms with Gasteiger partial charge in [0.25, 0.3) is 0 Å². The van der Waals surface area contributed by atoms with Gasteiger partial charge in [0.2, 0.25) is 0 Å². The molecule has 1 aromatic heterocycles. The zero-order valence-corrected chi connectivity index (χ0v) is 11.7. The molecule has 5 heteroatoms. The molecule has 1 fully saturated rings. The van der Waals surface area contributed by atoms with Crippen molar-refractivity contribution in [1.29, 1.82) is 0 Å². The topological polar surface area (TPSA) is 40.7 Å². The minimum absolute atomic E-state index is 0.00593. The molecule has 0 radical (unpaired) electrons. The SMILES string of the molecule is C[NH+]1CCO[C@@H]([C@H]2OCCn3nc4ccccc4c32)C1. The van der Waals surface area contributed by atoms with Crippen molar-refractivity contribution in [1.82, 2.24) is 9.78 Å². The van der Waals surface area contributed by atoms with E-state index < -0.39 is 0 Å². The Morgan fingerprint density at radius 3 is 3.05 bits per heavy atom. The van der Waals surface area contributed by atoms with Crippen LogP contribution in [0.4, 0.5) is 0 Å². The van der Waals surface area contributed by atoms with Gasteiger partial charge < -0.3 is 14.4 Å². The van der Waals surface area contributed by atoms with Crippen molar-refractivity contribution in [3.05, 3.63) is 30.0 Å². The van der Waals surface area contributed by atoms with Crippen molar-refractivity contribution in [3.63, 3.8) is 0 Å². The third-order valence-electron chi connectivity index (χ3n) is 4.30. The lowest BCUT2D eigenvalue weighted by Gasteiger charge is -2.35. The number of hydrogen-bond acceptors (Lipinski definition) is 3. The van der Waals surface area contributed by atoms with Gasteiger partial charge in [0.15, 0.2) is 0 Å². The number of hydrogen-bond donors (Lipinski definition) is 1. The maximum absolute atomic E-state index is 6.06. The molecule has 3 atom stereocenters. The van der Waals surface area contributed by atoms with Crippen molar-refractivity contribution < 1.29 is 14.4 Å². The second-order valence-corrected chi connectivity index (χ2v) is 5.74. The summed E-state index contributed by atoms with van der Waals surface area (Å²) in [6, 6.07) is 8.30. The Morgan fingerprint density at radius 1 is 1.25 bits per heavy atom. The van der Waals surface area contributed by atoms with Crippen molar-refractivity contribution in [3.8, 4) is 0 Å². The van der Waals surface area contributed by atoms with Crippen LogP contribution in [0.1, 0.15) is 11.8 Å². The average Bonchev–Trinajstić information content (AvgIpc) is 2.85. The van der Waals surface area contributed by atoms with Crippen LogP contribution in [-0.4, -0.2) is 49.2 Å². The summed E-state index contributed by atoms with van der Waals surface area (Å²) in [5.74, 6) is 0. The summed E-state index contributed by atoms with van der Waals surface area (Å²) in [4.78, 5) is 1.51. The molecule has 1 saturated heterocycles. The zero-order valence-electron chi connectivity index (χ0n) is 11.7. The predicted molar refractivity (Wildman–Crippen MR) is 74.8 cm³/mol. The summed E-state index contributed by atoms with van der Waals surface area (Å²) < 4.78 is 14.1. The molecule has 2 aliphatic rings. The van der Waals surface area contributed by atoms with E-state index in [0.717, 1.165) is 31.8 Å². The van der Waals surface area contributed by atoms with E-state index in [1.165, 1.54) is 16.0 Å². The van der Waals surface area contributed by atoms with Crippen LogP contribution in [0, 0.1) is 0 Å². The second-order valence-electron chi connectivity index (χ2n) is 5.74. The smallest absolute Gasteiger partial charge is 0.138 e.